The summed E-state index contributed by atoms with van der Waals surface area (Å²) in [5.41, 5.74) is 2.24. The van der Waals surface area contributed by atoms with E-state index in [2.05, 4.69) is 5.32 Å². The van der Waals surface area contributed by atoms with Crippen molar-refractivity contribution in [1.82, 2.24) is 5.32 Å². The van der Waals surface area contributed by atoms with Crippen LogP contribution in [-0.4, -0.2) is 27.2 Å². The molecule has 2 rings (SSSR count). The van der Waals surface area contributed by atoms with Gasteiger partial charge in [0.1, 0.15) is 5.82 Å². The van der Waals surface area contributed by atoms with Crippen molar-refractivity contribution in [3.63, 3.8) is 0 Å². The second kappa shape index (κ2) is 3.58. The standard InChI is InChI=1S/C11H15FN2/c1-14(2)11-4-3-9(12)5-10(11)8-6-13-7-8/h3-5,8,13H,6-7H2,1-2H3. The first-order valence-corrected chi connectivity index (χ1v) is 4.86. The highest BCUT2D eigenvalue weighted by Gasteiger charge is 2.22. The van der Waals surface area contributed by atoms with Gasteiger partial charge in [-0.1, -0.05) is 0 Å². The molecule has 1 saturated heterocycles. The highest BCUT2D eigenvalue weighted by Crippen LogP contribution is 2.29. The van der Waals surface area contributed by atoms with Crippen LogP contribution in [0.2, 0.25) is 0 Å². The summed E-state index contributed by atoms with van der Waals surface area (Å²) in [6.45, 7) is 1.93. The van der Waals surface area contributed by atoms with Crippen LogP contribution in [0.25, 0.3) is 0 Å². The molecule has 1 heterocycles. The van der Waals surface area contributed by atoms with E-state index in [0.717, 1.165) is 24.3 Å². The van der Waals surface area contributed by atoms with Crippen molar-refractivity contribution in [2.45, 2.75) is 5.92 Å². The number of anilines is 1. The second-order valence-corrected chi connectivity index (χ2v) is 3.95. The van der Waals surface area contributed by atoms with Crippen LogP contribution in [0.5, 0.6) is 0 Å². The van der Waals surface area contributed by atoms with Gasteiger partial charge in [0.05, 0.1) is 0 Å². The van der Waals surface area contributed by atoms with Gasteiger partial charge in [-0.3, -0.25) is 0 Å². The minimum Gasteiger partial charge on any atom is -0.377 e. The maximum atomic E-state index is 13.1. The SMILES string of the molecule is CN(C)c1ccc(F)cc1C1CNC1. The van der Waals surface area contributed by atoms with Crippen molar-refractivity contribution < 1.29 is 4.39 Å². The normalized spacial score (nSPS) is 16.5. The molecule has 0 spiro atoms. The van der Waals surface area contributed by atoms with Gasteiger partial charge in [-0.25, -0.2) is 4.39 Å². The quantitative estimate of drug-likeness (QED) is 0.769. The van der Waals surface area contributed by atoms with Crippen LogP contribution in [-0.2, 0) is 0 Å². The zero-order chi connectivity index (χ0) is 10.1. The Morgan fingerprint density at radius 1 is 1.36 bits per heavy atom. The van der Waals surface area contributed by atoms with Gasteiger partial charge in [0.25, 0.3) is 0 Å². The van der Waals surface area contributed by atoms with Crippen molar-refractivity contribution in [1.29, 1.82) is 0 Å². The summed E-state index contributed by atoms with van der Waals surface area (Å²) in [5.74, 6) is 0.334. The summed E-state index contributed by atoms with van der Waals surface area (Å²) in [4.78, 5) is 2.03. The van der Waals surface area contributed by atoms with Crippen LogP contribution >= 0.6 is 0 Å². The number of rotatable bonds is 2. The fourth-order valence-electron chi connectivity index (χ4n) is 1.77. The molecule has 14 heavy (non-hydrogen) atoms. The zero-order valence-electron chi connectivity index (χ0n) is 8.55. The van der Waals surface area contributed by atoms with E-state index in [1.807, 2.05) is 25.1 Å². The molecule has 1 aromatic carbocycles. The number of benzene rings is 1. The molecular weight excluding hydrogens is 179 g/mol. The molecule has 0 aromatic heterocycles. The molecule has 0 atom stereocenters. The molecular formula is C11H15FN2. The fourth-order valence-corrected chi connectivity index (χ4v) is 1.77. The van der Waals surface area contributed by atoms with Gasteiger partial charge >= 0.3 is 0 Å². The van der Waals surface area contributed by atoms with E-state index >= 15 is 0 Å². The Morgan fingerprint density at radius 3 is 2.57 bits per heavy atom. The predicted octanol–water partition coefficient (Wildman–Crippen LogP) is 1.58. The van der Waals surface area contributed by atoms with E-state index in [1.165, 1.54) is 6.07 Å². The Labute approximate surface area is 83.7 Å². The number of nitrogens with one attached hydrogen (secondary N) is 1. The molecule has 3 heteroatoms. The Balaban J connectivity index is 2.37. The van der Waals surface area contributed by atoms with Crippen molar-refractivity contribution in [3.8, 4) is 0 Å². The van der Waals surface area contributed by atoms with E-state index in [0.29, 0.717) is 5.92 Å². The molecule has 1 aromatic rings. The summed E-state index contributed by atoms with van der Waals surface area (Å²) in [7, 11) is 3.98. The van der Waals surface area contributed by atoms with Gasteiger partial charge in [0, 0.05) is 38.8 Å². The third-order valence-corrected chi connectivity index (χ3v) is 2.69. The maximum absolute atomic E-state index is 13.1. The predicted molar refractivity (Wildman–Crippen MR) is 56.3 cm³/mol. The molecule has 1 aliphatic heterocycles. The fraction of sp³-hybridized carbons (Fsp3) is 0.455. The maximum Gasteiger partial charge on any atom is 0.123 e. The minimum absolute atomic E-state index is 0.141. The lowest BCUT2D eigenvalue weighted by molar-refractivity contribution is 0.446. The van der Waals surface area contributed by atoms with Crippen LogP contribution in [0.15, 0.2) is 18.2 Å². The van der Waals surface area contributed by atoms with E-state index in [1.54, 1.807) is 6.07 Å². The average molecular weight is 194 g/mol. The summed E-state index contributed by atoms with van der Waals surface area (Å²) in [6.07, 6.45) is 0. The first-order chi connectivity index (χ1) is 6.68. The average Bonchev–Trinajstić information content (AvgIpc) is 2.00. The first kappa shape index (κ1) is 9.46. The van der Waals surface area contributed by atoms with Gasteiger partial charge in [0.15, 0.2) is 0 Å². The Hall–Kier alpha value is -1.09. The van der Waals surface area contributed by atoms with Crippen LogP contribution in [0.4, 0.5) is 10.1 Å². The van der Waals surface area contributed by atoms with E-state index < -0.39 is 0 Å². The second-order valence-electron chi connectivity index (χ2n) is 3.95. The van der Waals surface area contributed by atoms with E-state index in [4.69, 9.17) is 0 Å². The Morgan fingerprint density at radius 2 is 2.07 bits per heavy atom. The topological polar surface area (TPSA) is 15.3 Å². The van der Waals surface area contributed by atoms with Crippen molar-refractivity contribution in [2.24, 2.45) is 0 Å². The largest absolute Gasteiger partial charge is 0.377 e. The summed E-state index contributed by atoms with van der Waals surface area (Å²) in [5, 5.41) is 3.20. The van der Waals surface area contributed by atoms with Crippen LogP contribution < -0.4 is 10.2 Å². The van der Waals surface area contributed by atoms with Crippen LogP contribution in [0.1, 0.15) is 11.5 Å². The van der Waals surface area contributed by atoms with E-state index in [-0.39, 0.29) is 5.82 Å². The van der Waals surface area contributed by atoms with Gasteiger partial charge < -0.3 is 10.2 Å². The van der Waals surface area contributed by atoms with Crippen molar-refractivity contribution >= 4 is 5.69 Å². The lowest BCUT2D eigenvalue weighted by Gasteiger charge is -2.31. The van der Waals surface area contributed by atoms with Gasteiger partial charge in [-0.15, -0.1) is 0 Å². The highest BCUT2D eigenvalue weighted by molar-refractivity contribution is 5.55. The molecule has 1 N–H and O–H groups in total. The highest BCUT2D eigenvalue weighted by atomic mass is 19.1. The number of nitrogens with zero attached hydrogens (tertiary/aromatic N) is 1. The number of hydrogen-bond donors (Lipinski definition) is 1. The lowest BCUT2D eigenvalue weighted by Crippen LogP contribution is -2.40. The first-order valence-electron chi connectivity index (χ1n) is 4.86. The smallest absolute Gasteiger partial charge is 0.123 e. The molecule has 0 amide bonds. The van der Waals surface area contributed by atoms with Gasteiger partial charge in [-0.05, 0) is 23.8 Å². The Bertz CT molecular complexity index is 332. The van der Waals surface area contributed by atoms with E-state index in [9.17, 15) is 4.39 Å². The molecule has 0 bridgehead atoms. The summed E-state index contributed by atoms with van der Waals surface area (Å²) < 4.78 is 13.1. The molecule has 2 nitrogen and oxygen atoms in total. The summed E-state index contributed by atoms with van der Waals surface area (Å²) >= 11 is 0. The third kappa shape index (κ3) is 1.60. The molecule has 0 aliphatic carbocycles. The zero-order valence-corrected chi connectivity index (χ0v) is 8.55. The van der Waals surface area contributed by atoms with Crippen molar-refractivity contribution in [2.75, 3.05) is 32.1 Å². The molecule has 0 radical (unpaired) electrons. The number of hydrogen-bond acceptors (Lipinski definition) is 2. The minimum atomic E-state index is -0.141. The lowest BCUT2D eigenvalue weighted by atomic mass is 9.92. The number of halogens is 1. The molecule has 1 fully saturated rings. The van der Waals surface area contributed by atoms with Crippen LogP contribution in [0, 0.1) is 5.82 Å². The molecule has 0 saturated carbocycles. The Kier molecular flexibility index (Phi) is 2.42. The monoisotopic (exact) mass is 194 g/mol. The van der Waals surface area contributed by atoms with Crippen molar-refractivity contribution in [3.05, 3.63) is 29.6 Å². The molecule has 76 valence electrons. The summed E-state index contributed by atoms with van der Waals surface area (Å²) in [6, 6.07) is 5.02. The van der Waals surface area contributed by atoms with Crippen LogP contribution in [0.3, 0.4) is 0 Å². The van der Waals surface area contributed by atoms with Gasteiger partial charge in [-0.2, -0.15) is 0 Å². The van der Waals surface area contributed by atoms with Gasteiger partial charge in [0.2, 0.25) is 0 Å². The molecule has 1 aliphatic rings. The molecule has 0 unspecified atom stereocenters. The third-order valence-electron chi connectivity index (χ3n) is 2.69.